The summed E-state index contributed by atoms with van der Waals surface area (Å²) in [4.78, 5) is 0. The lowest BCUT2D eigenvalue weighted by Crippen LogP contribution is -2.34. The molecule has 116 valence electrons. The molecular formula is C15H12BrCl2FN2S. The van der Waals surface area contributed by atoms with Crippen molar-refractivity contribution in [1.82, 2.24) is 10.6 Å². The third-order valence-electron chi connectivity index (χ3n) is 2.87. The molecule has 2 N–H and O–H groups in total. The SMILES string of the molecule is Fc1ccc(CNC(=S)NCc2ccc(Cl)c(Cl)c2)cc1Br. The Morgan fingerprint density at radius 2 is 1.59 bits per heavy atom. The summed E-state index contributed by atoms with van der Waals surface area (Å²) in [5.41, 5.74) is 1.90. The maximum atomic E-state index is 13.1. The number of rotatable bonds is 4. The molecule has 2 nitrogen and oxygen atoms in total. The summed E-state index contributed by atoms with van der Waals surface area (Å²) in [6.45, 7) is 1.04. The average molecular weight is 422 g/mol. The molecule has 0 radical (unpaired) electrons. The van der Waals surface area contributed by atoms with Crippen LogP contribution in [0.3, 0.4) is 0 Å². The van der Waals surface area contributed by atoms with Gasteiger partial charge in [-0.1, -0.05) is 35.3 Å². The van der Waals surface area contributed by atoms with Crippen LogP contribution in [0.15, 0.2) is 40.9 Å². The van der Waals surface area contributed by atoms with Gasteiger partial charge < -0.3 is 10.6 Å². The molecule has 0 fully saturated rings. The molecule has 2 rings (SSSR count). The van der Waals surface area contributed by atoms with Gasteiger partial charge in [0.05, 0.1) is 14.5 Å². The molecule has 2 aromatic rings. The second-order valence-corrected chi connectivity index (χ2v) is 6.61. The molecule has 0 saturated carbocycles. The number of hydrogen-bond acceptors (Lipinski definition) is 1. The van der Waals surface area contributed by atoms with Gasteiger partial charge in [-0.05, 0) is 63.5 Å². The molecule has 0 bridgehead atoms. The van der Waals surface area contributed by atoms with E-state index in [1.807, 2.05) is 6.07 Å². The fourth-order valence-electron chi connectivity index (χ4n) is 1.73. The van der Waals surface area contributed by atoms with Crippen molar-refractivity contribution >= 4 is 56.5 Å². The van der Waals surface area contributed by atoms with Crippen LogP contribution in [0.1, 0.15) is 11.1 Å². The van der Waals surface area contributed by atoms with Crippen molar-refractivity contribution < 1.29 is 4.39 Å². The maximum Gasteiger partial charge on any atom is 0.166 e. The summed E-state index contributed by atoms with van der Waals surface area (Å²) >= 11 is 20.2. The highest BCUT2D eigenvalue weighted by molar-refractivity contribution is 9.10. The molecule has 7 heteroatoms. The van der Waals surface area contributed by atoms with E-state index >= 15 is 0 Å². The summed E-state index contributed by atoms with van der Waals surface area (Å²) in [7, 11) is 0. The summed E-state index contributed by atoms with van der Waals surface area (Å²) < 4.78 is 13.6. The number of benzene rings is 2. The predicted octanol–water partition coefficient (Wildman–Crippen LogP) is 5.06. The summed E-state index contributed by atoms with van der Waals surface area (Å²) in [5, 5.41) is 7.67. The van der Waals surface area contributed by atoms with Gasteiger partial charge in [0.1, 0.15) is 5.82 Å². The smallest absolute Gasteiger partial charge is 0.166 e. The minimum atomic E-state index is -0.288. The largest absolute Gasteiger partial charge is 0.359 e. The first kappa shape index (κ1) is 17.5. The van der Waals surface area contributed by atoms with Gasteiger partial charge in [0, 0.05) is 13.1 Å². The van der Waals surface area contributed by atoms with E-state index in [2.05, 4.69) is 26.6 Å². The van der Waals surface area contributed by atoms with Crippen molar-refractivity contribution in [2.75, 3.05) is 0 Å². The highest BCUT2D eigenvalue weighted by atomic mass is 79.9. The minimum absolute atomic E-state index is 0.288. The van der Waals surface area contributed by atoms with Gasteiger partial charge in [-0.15, -0.1) is 0 Å². The van der Waals surface area contributed by atoms with Crippen molar-refractivity contribution in [2.24, 2.45) is 0 Å². The van der Waals surface area contributed by atoms with Gasteiger partial charge >= 0.3 is 0 Å². The van der Waals surface area contributed by atoms with E-state index in [0.717, 1.165) is 11.1 Å². The van der Waals surface area contributed by atoms with Crippen LogP contribution in [0, 0.1) is 5.82 Å². The molecule has 0 saturated heterocycles. The molecule has 0 aliphatic heterocycles. The second-order valence-electron chi connectivity index (χ2n) is 4.53. The van der Waals surface area contributed by atoms with Crippen LogP contribution in [0.2, 0.25) is 10.0 Å². The van der Waals surface area contributed by atoms with Gasteiger partial charge in [0.25, 0.3) is 0 Å². The third kappa shape index (κ3) is 5.09. The van der Waals surface area contributed by atoms with Gasteiger partial charge in [0.2, 0.25) is 0 Å². The first-order chi connectivity index (χ1) is 10.5. The molecule has 0 aliphatic rings. The standard InChI is InChI=1S/C15H12BrCl2FN2S/c16-11-5-9(2-4-14(11)19)7-20-15(22)21-8-10-1-3-12(17)13(18)6-10/h1-6H,7-8H2,(H2,20,21,22). The molecule has 0 atom stereocenters. The van der Waals surface area contributed by atoms with Crippen molar-refractivity contribution in [2.45, 2.75) is 13.1 Å². The normalized spacial score (nSPS) is 10.4. The highest BCUT2D eigenvalue weighted by Crippen LogP contribution is 2.22. The Hall–Kier alpha value is -0.880. The topological polar surface area (TPSA) is 24.1 Å². The van der Waals surface area contributed by atoms with Crippen molar-refractivity contribution in [1.29, 1.82) is 0 Å². The van der Waals surface area contributed by atoms with Crippen molar-refractivity contribution in [3.8, 4) is 0 Å². The van der Waals surface area contributed by atoms with Gasteiger partial charge in [-0.25, -0.2) is 4.39 Å². The fraction of sp³-hybridized carbons (Fsp3) is 0.133. The van der Waals surface area contributed by atoms with Crippen molar-refractivity contribution in [3.63, 3.8) is 0 Å². The predicted molar refractivity (Wildman–Crippen MR) is 96.8 cm³/mol. The Morgan fingerprint density at radius 1 is 1.00 bits per heavy atom. The Kier molecular flexibility index (Phi) is 6.44. The highest BCUT2D eigenvalue weighted by Gasteiger charge is 2.03. The van der Waals surface area contributed by atoms with E-state index in [1.165, 1.54) is 6.07 Å². The molecule has 0 amide bonds. The lowest BCUT2D eigenvalue weighted by molar-refractivity contribution is 0.620. The van der Waals surface area contributed by atoms with E-state index in [-0.39, 0.29) is 5.82 Å². The van der Waals surface area contributed by atoms with E-state index in [1.54, 1.807) is 24.3 Å². The van der Waals surface area contributed by atoms with Gasteiger partial charge in [0.15, 0.2) is 5.11 Å². The van der Waals surface area contributed by atoms with Gasteiger partial charge in [-0.2, -0.15) is 0 Å². The summed E-state index contributed by atoms with van der Waals surface area (Å²) in [6.07, 6.45) is 0. The second kappa shape index (κ2) is 8.11. The molecule has 2 aromatic carbocycles. The van der Waals surface area contributed by atoms with E-state index in [4.69, 9.17) is 35.4 Å². The lowest BCUT2D eigenvalue weighted by atomic mass is 10.2. The molecule has 22 heavy (non-hydrogen) atoms. The van der Waals surface area contributed by atoms with Crippen LogP contribution in [0.4, 0.5) is 4.39 Å². The third-order valence-corrected chi connectivity index (χ3v) is 4.51. The minimum Gasteiger partial charge on any atom is -0.359 e. The average Bonchev–Trinajstić information content (AvgIpc) is 2.49. The van der Waals surface area contributed by atoms with Crippen LogP contribution < -0.4 is 10.6 Å². The summed E-state index contributed by atoms with van der Waals surface area (Å²) in [5.74, 6) is -0.288. The Bertz CT molecular complexity index is 640. The molecule has 0 unspecified atom stereocenters. The maximum absolute atomic E-state index is 13.1. The van der Waals surface area contributed by atoms with Crippen LogP contribution >= 0.6 is 51.3 Å². The number of halogens is 4. The molecular weight excluding hydrogens is 410 g/mol. The van der Waals surface area contributed by atoms with Crippen LogP contribution in [-0.2, 0) is 13.1 Å². The zero-order chi connectivity index (χ0) is 16.1. The number of hydrogen-bond donors (Lipinski definition) is 2. The molecule has 0 spiro atoms. The first-order valence-corrected chi connectivity index (χ1v) is 8.31. The monoisotopic (exact) mass is 420 g/mol. The lowest BCUT2D eigenvalue weighted by Gasteiger charge is -2.11. The molecule has 0 aliphatic carbocycles. The zero-order valence-electron chi connectivity index (χ0n) is 11.3. The quantitative estimate of drug-likeness (QED) is 0.674. The van der Waals surface area contributed by atoms with Crippen LogP contribution in [-0.4, -0.2) is 5.11 Å². The van der Waals surface area contributed by atoms with Gasteiger partial charge in [-0.3, -0.25) is 0 Å². The van der Waals surface area contributed by atoms with Crippen molar-refractivity contribution in [3.05, 3.63) is 67.9 Å². The Labute approximate surface area is 152 Å². The Morgan fingerprint density at radius 3 is 2.18 bits per heavy atom. The van der Waals surface area contributed by atoms with E-state index in [0.29, 0.717) is 32.7 Å². The molecule has 0 aromatic heterocycles. The van der Waals surface area contributed by atoms with Crippen LogP contribution in [0.25, 0.3) is 0 Å². The van der Waals surface area contributed by atoms with Crippen LogP contribution in [0.5, 0.6) is 0 Å². The zero-order valence-corrected chi connectivity index (χ0v) is 15.2. The number of nitrogens with one attached hydrogen (secondary N) is 2. The first-order valence-electron chi connectivity index (χ1n) is 6.35. The summed E-state index contributed by atoms with van der Waals surface area (Å²) in [6, 6.07) is 10.2. The van der Waals surface area contributed by atoms with E-state index < -0.39 is 0 Å². The number of thiocarbonyl (C=S) groups is 1. The fourth-order valence-corrected chi connectivity index (χ4v) is 2.62. The Balaban J connectivity index is 1.82. The van der Waals surface area contributed by atoms with E-state index in [9.17, 15) is 4.39 Å². The molecule has 0 heterocycles.